The summed E-state index contributed by atoms with van der Waals surface area (Å²) in [7, 11) is 0. The third-order valence-electron chi connectivity index (χ3n) is 4.94. The summed E-state index contributed by atoms with van der Waals surface area (Å²) >= 11 is 0. The third kappa shape index (κ3) is 4.31. The van der Waals surface area contributed by atoms with E-state index in [-0.39, 0.29) is 11.9 Å². The molecule has 6 nitrogen and oxygen atoms in total. The van der Waals surface area contributed by atoms with Gasteiger partial charge in [-0.25, -0.2) is 4.79 Å². The molecule has 1 aromatic rings. The first-order valence-corrected chi connectivity index (χ1v) is 9.21. The molecular weight excluding hydrogens is 316 g/mol. The number of nitrogens with zero attached hydrogens (tertiary/aromatic N) is 3. The molecule has 0 unspecified atom stereocenters. The SMILES string of the molecule is CC(C)CCN1CCN(C(=O)c2cccc(N3CCNC3=O)c2)CC1. The highest BCUT2D eigenvalue weighted by atomic mass is 16.2. The summed E-state index contributed by atoms with van der Waals surface area (Å²) in [5.41, 5.74) is 1.45. The first-order valence-electron chi connectivity index (χ1n) is 9.21. The molecule has 1 aromatic carbocycles. The van der Waals surface area contributed by atoms with Crippen LogP contribution >= 0.6 is 0 Å². The van der Waals surface area contributed by atoms with Gasteiger partial charge in [0.25, 0.3) is 5.91 Å². The van der Waals surface area contributed by atoms with Gasteiger partial charge in [0.1, 0.15) is 0 Å². The lowest BCUT2D eigenvalue weighted by Crippen LogP contribution is -2.49. The summed E-state index contributed by atoms with van der Waals surface area (Å²) in [4.78, 5) is 30.7. The lowest BCUT2D eigenvalue weighted by atomic mass is 10.1. The van der Waals surface area contributed by atoms with Crippen LogP contribution < -0.4 is 10.2 Å². The molecule has 2 heterocycles. The Balaban J connectivity index is 1.59. The van der Waals surface area contributed by atoms with Crippen molar-refractivity contribution < 1.29 is 9.59 Å². The average molecular weight is 344 g/mol. The fourth-order valence-corrected chi connectivity index (χ4v) is 3.32. The smallest absolute Gasteiger partial charge is 0.321 e. The van der Waals surface area contributed by atoms with Crippen molar-refractivity contribution in [1.82, 2.24) is 15.1 Å². The summed E-state index contributed by atoms with van der Waals surface area (Å²) in [5.74, 6) is 0.773. The lowest BCUT2D eigenvalue weighted by molar-refractivity contribution is 0.0632. The molecule has 0 atom stereocenters. The maximum absolute atomic E-state index is 12.8. The number of carbonyl (C=O) groups excluding carboxylic acids is 2. The van der Waals surface area contributed by atoms with Crippen LogP contribution in [-0.2, 0) is 0 Å². The van der Waals surface area contributed by atoms with Gasteiger partial charge in [0.05, 0.1) is 0 Å². The van der Waals surface area contributed by atoms with Crippen molar-refractivity contribution in [3.63, 3.8) is 0 Å². The van der Waals surface area contributed by atoms with Crippen LogP contribution in [0.4, 0.5) is 10.5 Å². The minimum atomic E-state index is -0.0941. The zero-order valence-corrected chi connectivity index (χ0v) is 15.2. The highest BCUT2D eigenvalue weighted by Crippen LogP contribution is 2.20. The number of hydrogen-bond donors (Lipinski definition) is 1. The zero-order chi connectivity index (χ0) is 17.8. The van der Waals surface area contributed by atoms with Gasteiger partial charge in [-0.2, -0.15) is 0 Å². The number of benzene rings is 1. The van der Waals surface area contributed by atoms with Crippen LogP contribution in [0.25, 0.3) is 0 Å². The number of nitrogens with one attached hydrogen (secondary N) is 1. The second-order valence-electron chi connectivity index (χ2n) is 7.25. The molecule has 0 spiro atoms. The first kappa shape index (κ1) is 17.7. The molecule has 0 saturated carbocycles. The molecule has 136 valence electrons. The molecule has 1 N–H and O–H groups in total. The van der Waals surface area contributed by atoms with E-state index in [1.807, 2.05) is 29.2 Å². The van der Waals surface area contributed by atoms with E-state index in [9.17, 15) is 9.59 Å². The van der Waals surface area contributed by atoms with E-state index in [4.69, 9.17) is 0 Å². The van der Waals surface area contributed by atoms with E-state index in [2.05, 4.69) is 24.1 Å². The average Bonchev–Trinajstić information content (AvgIpc) is 3.06. The Morgan fingerprint density at radius 3 is 2.56 bits per heavy atom. The number of amides is 3. The van der Waals surface area contributed by atoms with Gasteiger partial charge in [-0.1, -0.05) is 19.9 Å². The van der Waals surface area contributed by atoms with E-state index >= 15 is 0 Å². The van der Waals surface area contributed by atoms with Gasteiger partial charge in [-0.15, -0.1) is 0 Å². The fourth-order valence-electron chi connectivity index (χ4n) is 3.32. The van der Waals surface area contributed by atoms with E-state index < -0.39 is 0 Å². The summed E-state index contributed by atoms with van der Waals surface area (Å²) in [6.07, 6.45) is 1.20. The van der Waals surface area contributed by atoms with Crippen LogP contribution in [0.2, 0.25) is 0 Å². The van der Waals surface area contributed by atoms with Crippen molar-refractivity contribution in [3.8, 4) is 0 Å². The molecule has 25 heavy (non-hydrogen) atoms. The number of rotatable bonds is 5. The molecule has 0 radical (unpaired) electrons. The number of carbonyl (C=O) groups is 2. The van der Waals surface area contributed by atoms with E-state index in [0.29, 0.717) is 24.6 Å². The number of hydrogen-bond acceptors (Lipinski definition) is 3. The van der Waals surface area contributed by atoms with Crippen LogP contribution in [0.1, 0.15) is 30.6 Å². The molecule has 3 amide bonds. The highest BCUT2D eigenvalue weighted by Gasteiger charge is 2.25. The molecule has 0 aromatic heterocycles. The Kier molecular flexibility index (Phi) is 5.58. The molecule has 0 aliphatic carbocycles. The normalized spacial score (nSPS) is 18.8. The molecule has 3 rings (SSSR count). The first-order chi connectivity index (χ1) is 12.0. The van der Waals surface area contributed by atoms with Gasteiger partial charge >= 0.3 is 6.03 Å². The third-order valence-corrected chi connectivity index (χ3v) is 4.94. The van der Waals surface area contributed by atoms with Gasteiger partial charge in [0.2, 0.25) is 0 Å². The van der Waals surface area contributed by atoms with Gasteiger partial charge in [0.15, 0.2) is 0 Å². The van der Waals surface area contributed by atoms with Gasteiger partial charge < -0.3 is 10.2 Å². The quantitative estimate of drug-likeness (QED) is 0.889. The summed E-state index contributed by atoms with van der Waals surface area (Å²) in [5, 5.41) is 2.79. The summed E-state index contributed by atoms with van der Waals surface area (Å²) < 4.78 is 0. The number of urea groups is 1. The number of piperazine rings is 1. The topological polar surface area (TPSA) is 55.9 Å². The molecule has 0 bridgehead atoms. The van der Waals surface area contributed by atoms with Crippen molar-refractivity contribution in [2.24, 2.45) is 5.92 Å². The zero-order valence-electron chi connectivity index (χ0n) is 15.2. The van der Waals surface area contributed by atoms with Gasteiger partial charge in [-0.05, 0) is 37.1 Å². The van der Waals surface area contributed by atoms with Gasteiger partial charge in [-0.3, -0.25) is 14.6 Å². The maximum Gasteiger partial charge on any atom is 0.321 e. The van der Waals surface area contributed by atoms with Crippen molar-refractivity contribution in [2.75, 3.05) is 50.7 Å². The Morgan fingerprint density at radius 2 is 1.92 bits per heavy atom. The Labute approximate surface area is 149 Å². The predicted octanol–water partition coefficient (Wildman–Crippen LogP) is 2.02. The second-order valence-corrected chi connectivity index (χ2v) is 7.25. The minimum Gasteiger partial charge on any atom is -0.336 e. The van der Waals surface area contributed by atoms with Crippen molar-refractivity contribution in [3.05, 3.63) is 29.8 Å². The molecule has 2 fully saturated rings. The van der Waals surface area contributed by atoms with Crippen LogP contribution in [0.3, 0.4) is 0 Å². The second kappa shape index (κ2) is 7.87. The van der Waals surface area contributed by atoms with Crippen molar-refractivity contribution >= 4 is 17.6 Å². The number of anilines is 1. The Morgan fingerprint density at radius 1 is 1.16 bits per heavy atom. The fraction of sp³-hybridized carbons (Fsp3) is 0.579. The molecule has 2 aliphatic rings. The van der Waals surface area contributed by atoms with Crippen LogP contribution in [0.15, 0.2) is 24.3 Å². The molecule has 2 aliphatic heterocycles. The van der Waals surface area contributed by atoms with Crippen molar-refractivity contribution in [1.29, 1.82) is 0 Å². The lowest BCUT2D eigenvalue weighted by Gasteiger charge is -2.35. The van der Waals surface area contributed by atoms with Crippen molar-refractivity contribution in [2.45, 2.75) is 20.3 Å². The van der Waals surface area contributed by atoms with E-state index in [0.717, 1.165) is 38.4 Å². The maximum atomic E-state index is 12.8. The van der Waals surface area contributed by atoms with Gasteiger partial charge in [0, 0.05) is 50.5 Å². The summed E-state index contributed by atoms with van der Waals surface area (Å²) in [6.45, 7) is 10.3. The van der Waals surface area contributed by atoms with Crippen LogP contribution in [0.5, 0.6) is 0 Å². The van der Waals surface area contributed by atoms with Crippen LogP contribution in [0, 0.1) is 5.92 Å². The molecular formula is C19H28N4O2. The standard InChI is InChI=1S/C19H28N4O2/c1-15(2)6-8-21-10-12-22(13-11-21)18(24)16-4-3-5-17(14-16)23-9-7-20-19(23)25/h3-5,14-15H,6-13H2,1-2H3,(H,20,25). The monoisotopic (exact) mass is 344 g/mol. The minimum absolute atomic E-state index is 0.0602. The Bertz CT molecular complexity index is 624. The Hall–Kier alpha value is -2.08. The molecule has 2 saturated heterocycles. The predicted molar refractivity (Wildman–Crippen MR) is 99.0 cm³/mol. The van der Waals surface area contributed by atoms with Crippen LogP contribution in [-0.4, -0.2) is 67.6 Å². The van der Waals surface area contributed by atoms with E-state index in [1.165, 1.54) is 6.42 Å². The van der Waals surface area contributed by atoms with E-state index in [1.54, 1.807) is 4.90 Å². The molecule has 6 heteroatoms. The largest absolute Gasteiger partial charge is 0.336 e. The summed E-state index contributed by atoms with van der Waals surface area (Å²) in [6, 6.07) is 7.31. The highest BCUT2D eigenvalue weighted by molar-refractivity contribution is 5.98.